The lowest BCUT2D eigenvalue weighted by Gasteiger charge is -2.07. The standard InChI is InChI=1S/C15H12F2N2S/c1-8-3-10(16)6-11(4-8)19-14-5-9(2)12(17)7-13(14)18-15(19)20/h3-7H,1-2H3,(H,18,20). The molecule has 0 aliphatic rings. The van der Waals surface area contributed by atoms with Crippen LogP contribution in [0.4, 0.5) is 8.78 Å². The summed E-state index contributed by atoms with van der Waals surface area (Å²) in [5.74, 6) is -0.619. The van der Waals surface area contributed by atoms with Gasteiger partial charge < -0.3 is 4.98 Å². The highest BCUT2D eigenvalue weighted by Crippen LogP contribution is 2.23. The van der Waals surface area contributed by atoms with Crippen molar-refractivity contribution in [2.45, 2.75) is 13.8 Å². The van der Waals surface area contributed by atoms with Gasteiger partial charge in [0.2, 0.25) is 0 Å². The van der Waals surface area contributed by atoms with Gasteiger partial charge in [-0.3, -0.25) is 4.57 Å². The minimum atomic E-state index is -0.324. The van der Waals surface area contributed by atoms with Crippen molar-refractivity contribution in [3.05, 3.63) is 57.9 Å². The molecular formula is C15H12F2N2S. The van der Waals surface area contributed by atoms with Crippen LogP contribution in [0.5, 0.6) is 0 Å². The molecule has 0 saturated heterocycles. The van der Waals surface area contributed by atoms with Crippen LogP contribution in [-0.4, -0.2) is 9.55 Å². The molecular weight excluding hydrogens is 278 g/mol. The van der Waals surface area contributed by atoms with Crippen molar-refractivity contribution < 1.29 is 8.78 Å². The first-order chi connectivity index (χ1) is 9.45. The third-order valence-electron chi connectivity index (χ3n) is 3.25. The Kier molecular flexibility index (Phi) is 2.94. The smallest absolute Gasteiger partial charge is 0.182 e. The number of rotatable bonds is 1. The van der Waals surface area contributed by atoms with E-state index in [0.29, 0.717) is 21.5 Å². The second kappa shape index (κ2) is 4.52. The van der Waals surface area contributed by atoms with Crippen molar-refractivity contribution in [1.29, 1.82) is 0 Å². The van der Waals surface area contributed by atoms with Crippen LogP contribution in [0.1, 0.15) is 11.1 Å². The average Bonchev–Trinajstić information content (AvgIpc) is 2.64. The molecule has 1 N–H and O–H groups in total. The molecule has 0 amide bonds. The first-order valence-electron chi connectivity index (χ1n) is 6.14. The molecule has 0 aliphatic heterocycles. The van der Waals surface area contributed by atoms with Crippen LogP contribution in [0.25, 0.3) is 16.7 Å². The molecule has 20 heavy (non-hydrogen) atoms. The Morgan fingerprint density at radius 2 is 1.80 bits per heavy atom. The molecule has 3 aromatic rings. The lowest BCUT2D eigenvalue weighted by atomic mass is 10.2. The zero-order valence-corrected chi connectivity index (χ0v) is 11.8. The predicted molar refractivity (Wildman–Crippen MR) is 77.8 cm³/mol. The van der Waals surface area contributed by atoms with Gasteiger partial charge in [-0.1, -0.05) is 0 Å². The molecule has 0 bridgehead atoms. The number of nitrogens with zero attached hydrogens (tertiary/aromatic N) is 1. The van der Waals surface area contributed by atoms with Crippen molar-refractivity contribution in [3.63, 3.8) is 0 Å². The van der Waals surface area contributed by atoms with Crippen LogP contribution in [0, 0.1) is 30.3 Å². The first kappa shape index (κ1) is 13.0. The molecule has 5 heteroatoms. The summed E-state index contributed by atoms with van der Waals surface area (Å²) in [5, 5.41) is 0. The van der Waals surface area contributed by atoms with Crippen LogP contribution in [0.2, 0.25) is 0 Å². The largest absolute Gasteiger partial charge is 0.330 e. The maximum absolute atomic E-state index is 13.6. The second-order valence-corrected chi connectivity index (χ2v) is 5.26. The van der Waals surface area contributed by atoms with E-state index in [0.717, 1.165) is 11.1 Å². The maximum atomic E-state index is 13.6. The van der Waals surface area contributed by atoms with Crippen LogP contribution >= 0.6 is 12.2 Å². The van der Waals surface area contributed by atoms with Gasteiger partial charge in [-0.15, -0.1) is 0 Å². The number of nitrogens with one attached hydrogen (secondary N) is 1. The lowest BCUT2D eigenvalue weighted by molar-refractivity contribution is 0.620. The number of aromatic amines is 1. The van der Waals surface area contributed by atoms with E-state index in [4.69, 9.17) is 12.2 Å². The Bertz CT molecular complexity index is 857. The predicted octanol–water partition coefficient (Wildman–Crippen LogP) is 4.58. The van der Waals surface area contributed by atoms with E-state index >= 15 is 0 Å². The molecule has 0 aliphatic carbocycles. The fraction of sp³-hybridized carbons (Fsp3) is 0.133. The summed E-state index contributed by atoms with van der Waals surface area (Å²) < 4.78 is 29.3. The van der Waals surface area contributed by atoms with E-state index in [1.54, 1.807) is 17.6 Å². The normalized spacial score (nSPS) is 11.2. The Labute approximate surface area is 119 Å². The zero-order chi connectivity index (χ0) is 14.4. The molecule has 102 valence electrons. The van der Waals surface area contributed by atoms with Crippen molar-refractivity contribution in [2.75, 3.05) is 0 Å². The summed E-state index contributed by atoms with van der Waals surface area (Å²) in [5.41, 5.74) is 3.28. The zero-order valence-electron chi connectivity index (χ0n) is 11.0. The van der Waals surface area contributed by atoms with E-state index in [9.17, 15) is 8.78 Å². The Morgan fingerprint density at radius 1 is 1.05 bits per heavy atom. The topological polar surface area (TPSA) is 20.7 Å². The van der Waals surface area contributed by atoms with E-state index in [2.05, 4.69) is 4.98 Å². The summed E-state index contributed by atoms with van der Waals surface area (Å²) in [6.45, 7) is 3.50. The Hall–Kier alpha value is -2.01. The van der Waals surface area contributed by atoms with Gasteiger partial charge in [-0.05, 0) is 67.5 Å². The molecule has 0 atom stereocenters. The van der Waals surface area contributed by atoms with Crippen molar-refractivity contribution in [2.24, 2.45) is 0 Å². The molecule has 2 nitrogen and oxygen atoms in total. The number of halogens is 2. The Balaban J connectivity index is 2.38. The summed E-state index contributed by atoms with van der Waals surface area (Å²) in [4.78, 5) is 2.95. The van der Waals surface area contributed by atoms with Gasteiger partial charge >= 0.3 is 0 Å². The monoisotopic (exact) mass is 290 g/mol. The third-order valence-corrected chi connectivity index (χ3v) is 3.53. The molecule has 0 saturated carbocycles. The highest BCUT2D eigenvalue weighted by molar-refractivity contribution is 7.71. The van der Waals surface area contributed by atoms with Gasteiger partial charge in [0.05, 0.1) is 16.7 Å². The van der Waals surface area contributed by atoms with Crippen molar-refractivity contribution in [1.82, 2.24) is 9.55 Å². The van der Waals surface area contributed by atoms with E-state index in [-0.39, 0.29) is 11.6 Å². The molecule has 0 spiro atoms. The second-order valence-electron chi connectivity index (χ2n) is 4.87. The van der Waals surface area contributed by atoms with Gasteiger partial charge in [0.25, 0.3) is 0 Å². The van der Waals surface area contributed by atoms with Crippen LogP contribution in [-0.2, 0) is 0 Å². The van der Waals surface area contributed by atoms with Crippen LogP contribution in [0.15, 0.2) is 30.3 Å². The highest BCUT2D eigenvalue weighted by atomic mass is 32.1. The fourth-order valence-corrected chi connectivity index (χ4v) is 2.65. The summed E-state index contributed by atoms with van der Waals surface area (Å²) in [7, 11) is 0. The highest BCUT2D eigenvalue weighted by Gasteiger charge is 2.10. The quantitative estimate of drug-likeness (QED) is 0.650. The number of benzene rings is 2. The van der Waals surface area contributed by atoms with E-state index in [1.807, 2.05) is 13.0 Å². The van der Waals surface area contributed by atoms with E-state index in [1.165, 1.54) is 18.2 Å². The summed E-state index contributed by atoms with van der Waals surface area (Å²) in [6.07, 6.45) is 0. The molecule has 2 aromatic carbocycles. The average molecular weight is 290 g/mol. The Morgan fingerprint density at radius 3 is 2.50 bits per heavy atom. The fourth-order valence-electron chi connectivity index (χ4n) is 2.33. The van der Waals surface area contributed by atoms with Gasteiger partial charge in [0.15, 0.2) is 4.77 Å². The van der Waals surface area contributed by atoms with Crippen LogP contribution in [0.3, 0.4) is 0 Å². The first-order valence-corrected chi connectivity index (χ1v) is 6.55. The number of fused-ring (bicyclic) bond motifs is 1. The van der Waals surface area contributed by atoms with Gasteiger partial charge in [0, 0.05) is 0 Å². The van der Waals surface area contributed by atoms with Gasteiger partial charge in [0.1, 0.15) is 11.6 Å². The minimum Gasteiger partial charge on any atom is -0.330 e. The summed E-state index contributed by atoms with van der Waals surface area (Å²) >= 11 is 5.27. The number of hydrogen-bond acceptors (Lipinski definition) is 1. The number of H-pyrrole nitrogens is 1. The SMILES string of the molecule is Cc1cc(F)cc(-n2c(=S)[nH]c3cc(F)c(C)cc32)c1. The molecule has 1 aromatic heterocycles. The molecule has 1 heterocycles. The van der Waals surface area contributed by atoms with E-state index < -0.39 is 0 Å². The number of aryl methyl sites for hydroxylation is 2. The maximum Gasteiger partial charge on any atom is 0.182 e. The molecule has 3 rings (SSSR count). The van der Waals surface area contributed by atoms with Crippen molar-refractivity contribution in [3.8, 4) is 5.69 Å². The van der Waals surface area contributed by atoms with Crippen molar-refractivity contribution >= 4 is 23.3 Å². The molecule has 0 unspecified atom stereocenters. The van der Waals surface area contributed by atoms with Crippen LogP contribution < -0.4 is 0 Å². The number of hydrogen-bond donors (Lipinski definition) is 1. The molecule has 0 fully saturated rings. The number of aromatic nitrogens is 2. The van der Waals surface area contributed by atoms with Gasteiger partial charge in [-0.2, -0.15) is 0 Å². The van der Waals surface area contributed by atoms with Gasteiger partial charge in [-0.25, -0.2) is 8.78 Å². The molecule has 0 radical (unpaired) electrons. The lowest BCUT2D eigenvalue weighted by Crippen LogP contribution is -1.96. The third kappa shape index (κ3) is 2.04. The number of imidazole rings is 1. The summed E-state index contributed by atoms with van der Waals surface area (Å²) in [6, 6.07) is 7.81. The minimum absolute atomic E-state index is 0.295.